The summed E-state index contributed by atoms with van der Waals surface area (Å²) in [5.41, 5.74) is 0.656. The number of ether oxygens (including phenoxy) is 1. The lowest BCUT2D eigenvalue weighted by Gasteiger charge is -2.05. The molecule has 0 unspecified atom stereocenters. The van der Waals surface area contributed by atoms with Gasteiger partial charge in [-0.3, -0.25) is 0 Å². The summed E-state index contributed by atoms with van der Waals surface area (Å²) in [6.07, 6.45) is 2.50. The predicted molar refractivity (Wildman–Crippen MR) is 74.2 cm³/mol. The van der Waals surface area contributed by atoms with Gasteiger partial charge in [-0.05, 0) is 17.7 Å². The van der Waals surface area contributed by atoms with Crippen molar-refractivity contribution in [2.24, 2.45) is 0 Å². The van der Waals surface area contributed by atoms with Crippen LogP contribution in [0, 0.1) is 5.82 Å². The van der Waals surface area contributed by atoms with Crippen LogP contribution in [0.3, 0.4) is 0 Å². The van der Waals surface area contributed by atoms with Crippen molar-refractivity contribution in [3.8, 4) is 0 Å². The summed E-state index contributed by atoms with van der Waals surface area (Å²) in [5, 5.41) is 3.11. The van der Waals surface area contributed by atoms with Crippen molar-refractivity contribution in [1.29, 1.82) is 0 Å². The highest BCUT2D eigenvalue weighted by Gasteiger charge is 2.12. The van der Waals surface area contributed by atoms with Gasteiger partial charge in [-0.2, -0.15) is 0 Å². The van der Waals surface area contributed by atoms with Gasteiger partial charge in [-0.15, -0.1) is 0 Å². The Balaban J connectivity index is 1.91. The van der Waals surface area contributed by atoms with Crippen LogP contribution in [0.25, 0.3) is 0 Å². The molecular weight excluding hydrogens is 275 g/mol. The first-order chi connectivity index (χ1) is 10.1. The van der Waals surface area contributed by atoms with E-state index in [-0.39, 0.29) is 5.56 Å². The molecule has 0 radical (unpaired) electrons. The maximum Gasteiger partial charge on any atom is 0.340 e. The maximum absolute atomic E-state index is 13.7. The first-order valence-corrected chi connectivity index (χ1v) is 6.65. The van der Waals surface area contributed by atoms with Crippen molar-refractivity contribution in [2.75, 3.05) is 7.11 Å². The van der Waals surface area contributed by atoms with E-state index >= 15 is 0 Å². The average molecular weight is 292 g/mol. The Kier molecular flexibility index (Phi) is 5.05. The van der Waals surface area contributed by atoms with Crippen molar-refractivity contribution >= 4 is 5.97 Å². The number of hydrogen-bond donors (Lipinski definition) is 1. The summed E-state index contributed by atoms with van der Waals surface area (Å²) >= 11 is 0. The van der Waals surface area contributed by atoms with E-state index in [1.54, 1.807) is 12.3 Å². The topological polar surface area (TPSA) is 64.4 Å². The molecule has 2 rings (SSSR count). The van der Waals surface area contributed by atoms with Crippen LogP contribution in [0.5, 0.6) is 0 Å². The Morgan fingerprint density at radius 2 is 2.24 bits per heavy atom. The van der Waals surface area contributed by atoms with Gasteiger partial charge in [0.2, 0.25) is 5.89 Å². The number of benzene rings is 1. The molecule has 5 nitrogen and oxygen atoms in total. The van der Waals surface area contributed by atoms with Gasteiger partial charge in [-0.1, -0.05) is 13.0 Å². The molecule has 1 heterocycles. The molecule has 1 aromatic heterocycles. The van der Waals surface area contributed by atoms with Gasteiger partial charge in [0.15, 0.2) is 0 Å². The van der Waals surface area contributed by atoms with E-state index in [0.29, 0.717) is 19.0 Å². The van der Waals surface area contributed by atoms with Crippen LogP contribution in [-0.2, 0) is 24.2 Å². The van der Waals surface area contributed by atoms with E-state index in [1.165, 1.54) is 19.2 Å². The first kappa shape index (κ1) is 15.2. The number of nitrogens with one attached hydrogen (secondary N) is 1. The first-order valence-electron chi connectivity index (χ1n) is 6.65. The fourth-order valence-corrected chi connectivity index (χ4v) is 1.85. The molecule has 0 saturated heterocycles. The molecule has 0 atom stereocenters. The van der Waals surface area contributed by atoms with E-state index in [0.717, 1.165) is 17.7 Å². The third-order valence-electron chi connectivity index (χ3n) is 2.99. The van der Waals surface area contributed by atoms with Crippen LogP contribution in [0.4, 0.5) is 4.39 Å². The Labute approximate surface area is 122 Å². The molecular formula is C15H17FN2O3. The van der Waals surface area contributed by atoms with Gasteiger partial charge in [0.05, 0.1) is 25.4 Å². The van der Waals surface area contributed by atoms with Crippen molar-refractivity contribution in [2.45, 2.75) is 26.4 Å². The van der Waals surface area contributed by atoms with Crippen LogP contribution in [-0.4, -0.2) is 18.1 Å². The lowest BCUT2D eigenvalue weighted by molar-refractivity contribution is 0.0595. The molecule has 6 heteroatoms. The van der Waals surface area contributed by atoms with Gasteiger partial charge in [-0.25, -0.2) is 14.2 Å². The number of carbonyl (C=O) groups excluding carboxylic acids is 1. The highest BCUT2D eigenvalue weighted by Crippen LogP contribution is 2.12. The summed E-state index contributed by atoms with van der Waals surface area (Å²) in [7, 11) is 1.22. The Morgan fingerprint density at radius 1 is 1.43 bits per heavy atom. The molecule has 0 spiro atoms. The number of esters is 1. The fraction of sp³-hybridized carbons (Fsp3) is 0.333. The van der Waals surface area contributed by atoms with Crippen LogP contribution in [0.2, 0.25) is 0 Å². The second-order valence-corrected chi connectivity index (χ2v) is 4.48. The lowest BCUT2D eigenvalue weighted by Crippen LogP contribution is -2.13. The van der Waals surface area contributed by atoms with Crippen molar-refractivity contribution < 1.29 is 18.3 Å². The van der Waals surface area contributed by atoms with Crippen molar-refractivity contribution in [3.05, 3.63) is 53.0 Å². The van der Waals surface area contributed by atoms with Crippen LogP contribution in [0.15, 0.2) is 28.8 Å². The molecule has 0 bridgehead atoms. The van der Waals surface area contributed by atoms with Crippen molar-refractivity contribution in [3.63, 3.8) is 0 Å². The normalized spacial score (nSPS) is 10.6. The van der Waals surface area contributed by atoms with Gasteiger partial charge in [0.1, 0.15) is 11.6 Å². The number of carbonyl (C=O) groups is 1. The van der Waals surface area contributed by atoms with Gasteiger partial charge in [0, 0.05) is 13.0 Å². The number of nitrogens with zero attached hydrogens (tertiary/aromatic N) is 1. The maximum atomic E-state index is 13.7. The summed E-state index contributed by atoms with van der Waals surface area (Å²) in [4.78, 5) is 15.4. The molecule has 1 N–H and O–H groups in total. The summed E-state index contributed by atoms with van der Waals surface area (Å²) < 4.78 is 23.7. The largest absolute Gasteiger partial charge is 0.465 e. The van der Waals surface area contributed by atoms with E-state index < -0.39 is 11.8 Å². The van der Waals surface area contributed by atoms with Crippen LogP contribution in [0.1, 0.15) is 34.5 Å². The Hall–Kier alpha value is -2.21. The van der Waals surface area contributed by atoms with E-state index in [9.17, 15) is 9.18 Å². The third kappa shape index (κ3) is 3.88. The standard InChI is InChI=1S/C15H17FN2O3/c1-3-11-8-18-14(21-11)9-17-7-10-4-5-12(13(16)6-10)15(19)20-2/h4-6,8,17H,3,7,9H2,1-2H3. The number of aromatic nitrogens is 1. The number of rotatable bonds is 6. The minimum Gasteiger partial charge on any atom is -0.465 e. The third-order valence-corrected chi connectivity index (χ3v) is 2.99. The average Bonchev–Trinajstić information content (AvgIpc) is 2.94. The minimum atomic E-state index is -0.682. The number of hydrogen-bond acceptors (Lipinski definition) is 5. The molecule has 21 heavy (non-hydrogen) atoms. The number of aryl methyl sites for hydroxylation is 1. The molecule has 0 aliphatic carbocycles. The van der Waals surface area contributed by atoms with Crippen molar-refractivity contribution in [1.82, 2.24) is 10.3 Å². The Bertz CT molecular complexity index is 625. The molecule has 0 aliphatic rings. The van der Waals surface area contributed by atoms with Crippen LogP contribution < -0.4 is 5.32 Å². The SMILES string of the molecule is CCc1cnc(CNCc2ccc(C(=O)OC)c(F)c2)o1. The summed E-state index contributed by atoms with van der Waals surface area (Å²) in [6, 6.07) is 4.40. The highest BCUT2D eigenvalue weighted by molar-refractivity contribution is 5.89. The highest BCUT2D eigenvalue weighted by atomic mass is 19.1. The molecule has 0 amide bonds. The molecule has 0 fully saturated rings. The monoisotopic (exact) mass is 292 g/mol. The smallest absolute Gasteiger partial charge is 0.340 e. The van der Waals surface area contributed by atoms with E-state index in [1.807, 2.05) is 6.92 Å². The second-order valence-electron chi connectivity index (χ2n) is 4.48. The predicted octanol–water partition coefficient (Wildman–Crippen LogP) is 2.45. The zero-order chi connectivity index (χ0) is 15.2. The molecule has 1 aromatic carbocycles. The summed E-state index contributed by atoms with van der Waals surface area (Å²) in [6.45, 7) is 2.89. The fourth-order valence-electron chi connectivity index (χ4n) is 1.85. The molecule has 0 aliphatic heterocycles. The van der Waals surface area contributed by atoms with Gasteiger partial charge >= 0.3 is 5.97 Å². The lowest BCUT2D eigenvalue weighted by atomic mass is 10.1. The zero-order valence-corrected chi connectivity index (χ0v) is 12.0. The number of methoxy groups -OCH3 is 1. The summed E-state index contributed by atoms with van der Waals surface area (Å²) in [5.74, 6) is 0.156. The van der Waals surface area contributed by atoms with Gasteiger partial charge < -0.3 is 14.5 Å². The zero-order valence-electron chi connectivity index (χ0n) is 12.0. The number of oxazole rings is 1. The minimum absolute atomic E-state index is 0.0680. The molecule has 0 saturated carbocycles. The van der Waals surface area contributed by atoms with Gasteiger partial charge in [0.25, 0.3) is 0 Å². The number of halogens is 1. The van der Waals surface area contributed by atoms with Crippen LogP contribution >= 0.6 is 0 Å². The van der Waals surface area contributed by atoms with E-state index in [4.69, 9.17) is 4.42 Å². The second kappa shape index (κ2) is 6.99. The molecule has 112 valence electrons. The molecule has 2 aromatic rings. The van der Waals surface area contributed by atoms with E-state index in [2.05, 4.69) is 15.0 Å². The quantitative estimate of drug-likeness (QED) is 0.829. The Morgan fingerprint density at radius 3 is 2.86 bits per heavy atom.